The molecule has 0 aliphatic carbocycles. The van der Waals surface area contributed by atoms with Crippen LogP contribution < -0.4 is 10.2 Å². The summed E-state index contributed by atoms with van der Waals surface area (Å²) in [4.78, 5) is 17.5. The van der Waals surface area contributed by atoms with Crippen LogP contribution in [0.1, 0.15) is 49.1 Å². The van der Waals surface area contributed by atoms with Crippen molar-refractivity contribution in [2.75, 3.05) is 44.2 Å². The Morgan fingerprint density at radius 2 is 1.71 bits per heavy atom. The molecule has 8 nitrogen and oxygen atoms in total. The van der Waals surface area contributed by atoms with E-state index >= 15 is 0 Å². The second kappa shape index (κ2) is 10.3. The van der Waals surface area contributed by atoms with Crippen LogP contribution in [0.5, 0.6) is 0 Å². The number of carbonyl (C=O) groups excluding carboxylic acids is 1. The monoisotopic (exact) mass is 475 g/mol. The van der Waals surface area contributed by atoms with Crippen molar-refractivity contribution in [3.05, 3.63) is 41.2 Å². The molecule has 0 unspecified atom stereocenters. The summed E-state index contributed by atoms with van der Waals surface area (Å²) in [6.07, 6.45) is 5.31. The number of hydrogen-bond donors (Lipinski definition) is 1. The molecule has 0 atom stereocenters. The summed E-state index contributed by atoms with van der Waals surface area (Å²) in [6, 6.07) is 8.40. The highest BCUT2D eigenvalue weighted by Crippen LogP contribution is 2.31. The Morgan fingerprint density at radius 3 is 2.43 bits per heavy atom. The van der Waals surface area contributed by atoms with Crippen molar-refractivity contribution in [3.8, 4) is 5.69 Å². The van der Waals surface area contributed by atoms with E-state index in [2.05, 4.69) is 63.4 Å². The quantitative estimate of drug-likeness (QED) is 0.527. The van der Waals surface area contributed by atoms with E-state index in [1.54, 1.807) is 0 Å². The maximum absolute atomic E-state index is 12.7. The summed E-state index contributed by atoms with van der Waals surface area (Å²) < 4.78 is 1.99. The number of piperidine rings is 1. The van der Waals surface area contributed by atoms with E-state index in [1.165, 1.54) is 31.5 Å². The third-order valence-electron chi connectivity index (χ3n) is 7.58. The SMILES string of the molecule is Cc1ccc(-n2nc3c(N4CCC(C(=O)NCCCN5CCCC5)CC4)nnc(C)c3c2C)cc1. The van der Waals surface area contributed by atoms with Gasteiger partial charge in [-0.1, -0.05) is 17.7 Å². The number of aryl methyl sites for hydroxylation is 3. The molecule has 1 N–H and O–H groups in total. The van der Waals surface area contributed by atoms with Crippen LogP contribution in [-0.2, 0) is 4.79 Å². The minimum Gasteiger partial charge on any atom is -0.356 e. The average molecular weight is 476 g/mol. The largest absolute Gasteiger partial charge is 0.356 e. The van der Waals surface area contributed by atoms with E-state index in [1.807, 2.05) is 11.6 Å². The molecule has 35 heavy (non-hydrogen) atoms. The van der Waals surface area contributed by atoms with Crippen LogP contribution in [-0.4, -0.2) is 70.1 Å². The molecule has 2 aromatic heterocycles. The first-order valence-corrected chi connectivity index (χ1v) is 13.1. The van der Waals surface area contributed by atoms with E-state index in [0.717, 1.165) is 79.2 Å². The maximum Gasteiger partial charge on any atom is 0.223 e. The van der Waals surface area contributed by atoms with E-state index in [9.17, 15) is 4.79 Å². The van der Waals surface area contributed by atoms with E-state index in [0.29, 0.717) is 0 Å². The van der Waals surface area contributed by atoms with Gasteiger partial charge in [-0.25, -0.2) is 4.68 Å². The molecule has 8 heteroatoms. The standard InChI is InChI=1S/C27H37N7O/c1-19-7-9-23(10-8-19)34-21(3)24-20(2)29-30-26(25(24)31-34)33-17-11-22(12-18-33)27(35)28-13-6-16-32-14-4-5-15-32/h7-10,22H,4-6,11-18H2,1-3H3,(H,28,35). The first-order chi connectivity index (χ1) is 17.0. The zero-order chi connectivity index (χ0) is 24.4. The fourth-order valence-electron chi connectivity index (χ4n) is 5.48. The highest BCUT2D eigenvalue weighted by Gasteiger charge is 2.28. The second-order valence-corrected chi connectivity index (χ2v) is 10.1. The van der Waals surface area contributed by atoms with Gasteiger partial charge in [-0.15, -0.1) is 5.10 Å². The molecular formula is C27H37N7O. The van der Waals surface area contributed by atoms with Gasteiger partial charge < -0.3 is 15.1 Å². The number of anilines is 1. The number of hydrogen-bond acceptors (Lipinski definition) is 6. The van der Waals surface area contributed by atoms with Gasteiger partial charge in [0, 0.05) is 25.6 Å². The third-order valence-corrected chi connectivity index (χ3v) is 7.58. The lowest BCUT2D eigenvalue weighted by Gasteiger charge is -2.32. The van der Waals surface area contributed by atoms with E-state index < -0.39 is 0 Å². The predicted octanol–water partition coefficient (Wildman–Crippen LogP) is 3.56. The molecule has 4 heterocycles. The van der Waals surface area contributed by atoms with Crippen LogP contribution >= 0.6 is 0 Å². The lowest BCUT2D eigenvalue weighted by atomic mass is 9.95. The summed E-state index contributed by atoms with van der Waals surface area (Å²) in [5, 5.41) is 18.2. The summed E-state index contributed by atoms with van der Waals surface area (Å²) in [6.45, 7) is 12.0. The molecule has 2 saturated heterocycles. The summed E-state index contributed by atoms with van der Waals surface area (Å²) in [5.74, 6) is 1.09. The van der Waals surface area contributed by atoms with Crippen molar-refractivity contribution >= 4 is 22.6 Å². The number of carbonyl (C=O) groups is 1. The molecule has 0 saturated carbocycles. The summed E-state index contributed by atoms with van der Waals surface area (Å²) in [5.41, 5.74) is 5.11. The predicted molar refractivity (Wildman–Crippen MR) is 139 cm³/mol. The van der Waals surface area contributed by atoms with Crippen LogP contribution in [0.15, 0.2) is 24.3 Å². The second-order valence-electron chi connectivity index (χ2n) is 10.1. The lowest BCUT2D eigenvalue weighted by Crippen LogP contribution is -2.41. The highest BCUT2D eigenvalue weighted by molar-refractivity contribution is 5.92. The number of likely N-dealkylation sites (tertiary alicyclic amines) is 1. The minimum atomic E-state index is 0.0683. The number of nitrogens with zero attached hydrogens (tertiary/aromatic N) is 6. The number of rotatable bonds is 7. The first-order valence-electron chi connectivity index (χ1n) is 13.1. The van der Waals surface area contributed by atoms with Crippen LogP contribution in [0.4, 0.5) is 5.82 Å². The van der Waals surface area contributed by atoms with Crippen LogP contribution in [0, 0.1) is 26.7 Å². The van der Waals surface area contributed by atoms with Crippen molar-refractivity contribution in [1.82, 2.24) is 30.2 Å². The number of benzene rings is 1. The van der Waals surface area contributed by atoms with Gasteiger partial charge in [0.25, 0.3) is 0 Å². The average Bonchev–Trinajstić information content (AvgIpc) is 3.51. The number of fused-ring (bicyclic) bond motifs is 1. The number of aromatic nitrogens is 4. The molecule has 0 radical (unpaired) electrons. The van der Waals surface area contributed by atoms with Crippen molar-refractivity contribution in [1.29, 1.82) is 0 Å². The minimum absolute atomic E-state index is 0.0683. The van der Waals surface area contributed by atoms with Crippen molar-refractivity contribution in [2.24, 2.45) is 5.92 Å². The highest BCUT2D eigenvalue weighted by atomic mass is 16.1. The molecule has 1 amide bonds. The molecule has 186 valence electrons. The van der Waals surface area contributed by atoms with Crippen molar-refractivity contribution in [2.45, 2.75) is 52.9 Å². The van der Waals surface area contributed by atoms with Gasteiger partial charge in [-0.05, 0) is 84.6 Å². The van der Waals surface area contributed by atoms with Gasteiger partial charge >= 0.3 is 0 Å². The number of amides is 1. The molecule has 3 aromatic rings. The molecule has 2 aliphatic rings. The molecule has 2 aliphatic heterocycles. The third kappa shape index (κ3) is 5.03. The topological polar surface area (TPSA) is 79.2 Å². The zero-order valence-electron chi connectivity index (χ0n) is 21.3. The number of nitrogens with one attached hydrogen (secondary N) is 1. The van der Waals surface area contributed by atoms with Gasteiger partial charge in [0.1, 0.15) is 5.52 Å². The molecule has 0 spiro atoms. The molecule has 1 aromatic carbocycles. The Hall–Kier alpha value is -3.00. The summed E-state index contributed by atoms with van der Waals surface area (Å²) in [7, 11) is 0. The Kier molecular flexibility index (Phi) is 7.00. The summed E-state index contributed by atoms with van der Waals surface area (Å²) >= 11 is 0. The van der Waals surface area contributed by atoms with Crippen molar-refractivity contribution in [3.63, 3.8) is 0 Å². The molecule has 5 rings (SSSR count). The smallest absolute Gasteiger partial charge is 0.223 e. The maximum atomic E-state index is 12.7. The molecule has 0 bridgehead atoms. The van der Waals surface area contributed by atoms with Crippen LogP contribution in [0.3, 0.4) is 0 Å². The normalized spacial score (nSPS) is 17.4. The Morgan fingerprint density at radius 1 is 1.00 bits per heavy atom. The van der Waals surface area contributed by atoms with Crippen LogP contribution in [0.2, 0.25) is 0 Å². The Balaban J connectivity index is 1.24. The van der Waals surface area contributed by atoms with Crippen molar-refractivity contribution < 1.29 is 4.79 Å². The molecule has 2 fully saturated rings. The molecular weight excluding hydrogens is 438 g/mol. The van der Waals surface area contributed by atoms with Gasteiger partial charge in [-0.2, -0.15) is 10.2 Å². The fraction of sp³-hybridized carbons (Fsp3) is 0.556. The van der Waals surface area contributed by atoms with Gasteiger partial charge in [0.15, 0.2) is 5.82 Å². The van der Waals surface area contributed by atoms with E-state index in [4.69, 9.17) is 5.10 Å². The Labute approximate surface area is 207 Å². The van der Waals surface area contributed by atoms with Gasteiger partial charge in [0.05, 0.1) is 22.5 Å². The van der Waals surface area contributed by atoms with E-state index in [-0.39, 0.29) is 11.8 Å². The first kappa shape index (κ1) is 23.7. The van der Waals surface area contributed by atoms with Gasteiger partial charge in [-0.3, -0.25) is 4.79 Å². The van der Waals surface area contributed by atoms with Crippen LogP contribution in [0.25, 0.3) is 16.6 Å². The Bertz CT molecular complexity index is 1170. The lowest BCUT2D eigenvalue weighted by molar-refractivity contribution is -0.125. The fourth-order valence-corrected chi connectivity index (χ4v) is 5.48. The van der Waals surface area contributed by atoms with Gasteiger partial charge in [0.2, 0.25) is 5.91 Å². The zero-order valence-corrected chi connectivity index (χ0v) is 21.3.